The number of benzene rings is 2. The number of aromatic nitrogens is 1. The van der Waals surface area contributed by atoms with E-state index in [1.807, 2.05) is 29.8 Å². The van der Waals surface area contributed by atoms with Gasteiger partial charge >= 0.3 is 0 Å². The summed E-state index contributed by atoms with van der Waals surface area (Å²) in [5.74, 6) is 0.608. The largest absolute Gasteiger partial charge is 0.245 e. The van der Waals surface area contributed by atoms with Crippen molar-refractivity contribution in [2.75, 3.05) is 0 Å². The number of rotatable bonds is 1. The summed E-state index contributed by atoms with van der Waals surface area (Å²) in [5, 5.41) is 8.58. The first kappa shape index (κ1) is 18.2. The van der Waals surface area contributed by atoms with Crippen LogP contribution in [0.4, 0.5) is 0 Å². The Labute approximate surface area is 148 Å². The molecule has 0 atom stereocenters. The Kier molecular flexibility index (Phi) is 5.75. The SMILES string of the molecule is CC(C)(C)c1ccc(C#N)cc1.CC(C)c1ccc2ncsc2c1. The third kappa shape index (κ3) is 4.66. The van der Waals surface area contributed by atoms with E-state index in [4.69, 9.17) is 5.26 Å². The van der Waals surface area contributed by atoms with Crippen molar-refractivity contribution in [3.63, 3.8) is 0 Å². The predicted octanol–water partition coefficient (Wildman–Crippen LogP) is 6.28. The number of fused-ring (bicyclic) bond motifs is 1. The van der Waals surface area contributed by atoms with Gasteiger partial charge in [0.05, 0.1) is 27.4 Å². The minimum Gasteiger partial charge on any atom is -0.245 e. The summed E-state index contributed by atoms with van der Waals surface area (Å²) in [7, 11) is 0. The van der Waals surface area contributed by atoms with Gasteiger partial charge in [-0.05, 0) is 46.7 Å². The van der Waals surface area contributed by atoms with Crippen LogP contribution in [0.5, 0.6) is 0 Å². The van der Waals surface area contributed by atoms with Gasteiger partial charge in [0.25, 0.3) is 0 Å². The monoisotopic (exact) mass is 336 g/mol. The summed E-state index contributed by atoms with van der Waals surface area (Å²) in [5.41, 5.74) is 6.57. The first-order chi connectivity index (χ1) is 11.3. The van der Waals surface area contributed by atoms with E-state index >= 15 is 0 Å². The van der Waals surface area contributed by atoms with E-state index in [-0.39, 0.29) is 5.41 Å². The number of hydrogen-bond acceptors (Lipinski definition) is 3. The zero-order valence-corrected chi connectivity index (χ0v) is 15.8. The standard InChI is InChI=1S/C11H13N.C10H11NS/c1-11(2,3)10-6-4-9(8-12)5-7-10;1-7(2)8-3-4-9-10(5-8)12-6-11-9/h4-7H,1-3H3;3-7H,1-2H3. The topological polar surface area (TPSA) is 36.7 Å². The lowest BCUT2D eigenvalue weighted by Crippen LogP contribution is -2.10. The second-order valence-electron chi connectivity index (χ2n) is 7.17. The zero-order valence-electron chi connectivity index (χ0n) is 15.0. The van der Waals surface area contributed by atoms with Gasteiger partial charge in [0, 0.05) is 0 Å². The molecule has 3 aromatic rings. The summed E-state index contributed by atoms with van der Waals surface area (Å²) in [4.78, 5) is 4.24. The average molecular weight is 337 g/mol. The van der Waals surface area contributed by atoms with Gasteiger partial charge in [-0.25, -0.2) is 4.98 Å². The van der Waals surface area contributed by atoms with E-state index in [0.29, 0.717) is 5.92 Å². The van der Waals surface area contributed by atoms with Crippen LogP contribution < -0.4 is 0 Å². The molecule has 0 aliphatic rings. The molecule has 0 aliphatic carbocycles. The van der Waals surface area contributed by atoms with E-state index in [1.165, 1.54) is 15.8 Å². The molecule has 0 amide bonds. The first-order valence-electron chi connectivity index (χ1n) is 8.15. The molecule has 0 saturated heterocycles. The van der Waals surface area contributed by atoms with Gasteiger partial charge in [0.2, 0.25) is 0 Å². The van der Waals surface area contributed by atoms with E-state index < -0.39 is 0 Å². The van der Waals surface area contributed by atoms with Crippen molar-refractivity contribution in [1.29, 1.82) is 5.26 Å². The lowest BCUT2D eigenvalue weighted by molar-refractivity contribution is 0.590. The molecule has 1 heterocycles. The highest BCUT2D eigenvalue weighted by molar-refractivity contribution is 7.16. The normalized spacial score (nSPS) is 11.0. The highest BCUT2D eigenvalue weighted by atomic mass is 32.1. The molecule has 0 N–H and O–H groups in total. The van der Waals surface area contributed by atoms with Crippen LogP contribution in [0.25, 0.3) is 10.2 Å². The van der Waals surface area contributed by atoms with E-state index in [9.17, 15) is 0 Å². The highest BCUT2D eigenvalue weighted by Gasteiger charge is 2.12. The predicted molar refractivity (Wildman–Crippen MR) is 104 cm³/mol. The van der Waals surface area contributed by atoms with Gasteiger partial charge in [-0.15, -0.1) is 11.3 Å². The minimum absolute atomic E-state index is 0.175. The average Bonchev–Trinajstić information content (AvgIpc) is 3.02. The van der Waals surface area contributed by atoms with Gasteiger partial charge in [-0.2, -0.15) is 5.26 Å². The second kappa shape index (κ2) is 7.59. The van der Waals surface area contributed by atoms with Crippen LogP contribution in [0, 0.1) is 11.3 Å². The third-order valence-corrected chi connectivity index (χ3v) is 4.69. The summed E-state index contributed by atoms with van der Waals surface area (Å²) in [6.07, 6.45) is 0. The van der Waals surface area contributed by atoms with E-state index in [0.717, 1.165) is 11.1 Å². The summed E-state index contributed by atoms with van der Waals surface area (Å²) >= 11 is 1.71. The third-order valence-electron chi connectivity index (χ3n) is 3.90. The van der Waals surface area contributed by atoms with Crippen molar-refractivity contribution in [2.45, 2.75) is 46.0 Å². The van der Waals surface area contributed by atoms with Crippen LogP contribution in [-0.4, -0.2) is 4.98 Å². The van der Waals surface area contributed by atoms with Crippen LogP contribution in [0.2, 0.25) is 0 Å². The fraction of sp³-hybridized carbons (Fsp3) is 0.333. The molecule has 0 bridgehead atoms. The number of nitrogens with zero attached hydrogens (tertiary/aromatic N) is 2. The molecule has 0 spiro atoms. The Morgan fingerprint density at radius 2 is 1.71 bits per heavy atom. The molecular weight excluding hydrogens is 312 g/mol. The maximum Gasteiger partial charge on any atom is 0.0991 e. The van der Waals surface area contributed by atoms with Gasteiger partial charge in [-0.1, -0.05) is 52.8 Å². The van der Waals surface area contributed by atoms with E-state index in [1.54, 1.807) is 11.3 Å². The van der Waals surface area contributed by atoms with Gasteiger partial charge in [-0.3, -0.25) is 0 Å². The Bertz CT molecular complexity index is 831. The van der Waals surface area contributed by atoms with Crippen molar-refractivity contribution in [2.24, 2.45) is 0 Å². The van der Waals surface area contributed by atoms with Crippen molar-refractivity contribution in [3.8, 4) is 6.07 Å². The van der Waals surface area contributed by atoms with Gasteiger partial charge in [0.1, 0.15) is 0 Å². The molecule has 124 valence electrons. The molecule has 0 aliphatic heterocycles. The molecule has 0 radical (unpaired) electrons. The number of thiazole rings is 1. The maximum absolute atomic E-state index is 8.58. The summed E-state index contributed by atoms with van der Waals surface area (Å²) in [6, 6.07) is 16.3. The fourth-order valence-corrected chi connectivity index (χ4v) is 3.00. The van der Waals surface area contributed by atoms with Crippen LogP contribution in [0.15, 0.2) is 48.0 Å². The molecule has 2 nitrogen and oxygen atoms in total. The van der Waals surface area contributed by atoms with Crippen molar-refractivity contribution < 1.29 is 0 Å². The Hall–Kier alpha value is -2.18. The van der Waals surface area contributed by atoms with Gasteiger partial charge in [0.15, 0.2) is 0 Å². The van der Waals surface area contributed by atoms with Crippen LogP contribution in [0.3, 0.4) is 0 Å². The highest BCUT2D eigenvalue weighted by Crippen LogP contribution is 2.23. The molecule has 0 unspecified atom stereocenters. The number of hydrogen-bond donors (Lipinski definition) is 0. The minimum atomic E-state index is 0.175. The maximum atomic E-state index is 8.58. The Morgan fingerprint density at radius 1 is 1.04 bits per heavy atom. The molecule has 0 saturated carbocycles. The van der Waals surface area contributed by atoms with E-state index in [2.05, 4.69) is 63.9 Å². The van der Waals surface area contributed by atoms with Crippen molar-refractivity contribution >= 4 is 21.6 Å². The molecule has 3 rings (SSSR count). The lowest BCUT2D eigenvalue weighted by atomic mass is 9.87. The first-order valence-corrected chi connectivity index (χ1v) is 9.03. The van der Waals surface area contributed by atoms with Gasteiger partial charge < -0.3 is 0 Å². The van der Waals surface area contributed by atoms with Crippen molar-refractivity contribution in [1.82, 2.24) is 4.98 Å². The summed E-state index contributed by atoms with van der Waals surface area (Å²) < 4.78 is 1.29. The number of nitriles is 1. The smallest absolute Gasteiger partial charge is 0.0991 e. The molecule has 3 heteroatoms. The van der Waals surface area contributed by atoms with Crippen LogP contribution in [-0.2, 0) is 5.41 Å². The summed E-state index contributed by atoms with van der Waals surface area (Å²) in [6.45, 7) is 10.9. The second-order valence-corrected chi connectivity index (χ2v) is 8.06. The van der Waals surface area contributed by atoms with Crippen molar-refractivity contribution in [3.05, 3.63) is 64.7 Å². The quantitative estimate of drug-likeness (QED) is 0.524. The molecule has 24 heavy (non-hydrogen) atoms. The molecule has 1 aromatic heterocycles. The lowest BCUT2D eigenvalue weighted by Gasteiger charge is -2.18. The Balaban J connectivity index is 0.000000174. The van der Waals surface area contributed by atoms with Crippen LogP contribution >= 0.6 is 11.3 Å². The Morgan fingerprint density at radius 3 is 2.25 bits per heavy atom. The molecule has 0 fully saturated rings. The zero-order chi connectivity index (χ0) is 17.7. The van der Waals surface area contributed by atoms with Crippen LogP contribution in [0.1, 0.15) is 57.2 Å². The molecule has 2 aromatic carbocycles. The molecular formula is C21H24N2S. The fourth-order valence-electron chi connectivity index (χ4n) is 2.28.